The van der Waals surface area contributed by atoms with E-state index in [1.54, 1.807) is 12.3 Å². The Labute approximate surface area is 146 Å². The van der Waals surface area contributed by atoms with Gasteiger partial charge in [-0.15, -0.1) is 10.2 Å². The van der Waals surface area contributed by atoms with E-state index in [0.717, 1.165) is 37.4 Å². The Balaban J connectivity index is 1.52. The third-order valence-corrected chi connectivity index (χ3v) is 4.50. The van der Waals surface area contributed by atoms with Crippen molar-refractivity contribution in [2.45, 2.75) is 25.8 Å². The van der Waals surface area contributed by atoms with Crippen molar-refractivity contribution in [3.8, 4) is 0 Å². The highest BCUT2D eigenvalue weighted by Crippen LogP contribution is 2.23. The molecule has 24 heavy (non-hydrogen) atoms. The molecule has 0 bridgehead atoms. The summed E-state index contributed by atoms with van der Waals surface area (Å²) in [6.07, 6.45) is 3.33. The lowest BCUT2D eigenvalue weighted by atomic mass is 9.95. The quantitative estimate of drug-likeness (QED) is 0.922. The highest BCUT2D eigenvalue weighted by Gasteiger charge is 2.26. The van der Waals surface area contributed by atoms with Crippen LogP contribution in [0.15, 0.2) is 36.5 Å². The largest absolute Gasteiger partial charge is 0.355 e. The zero-order valence-electron chi connectivity index (χ0n) is 13.5. The number of piperidine rings is 1. The first-order chi connectivity index (χ1) is 11.6. The van der Waals surface area contributed by atoms with E-state index in [-0.39, 0.29) is 17.9 Å². The van der Waals surface area contributed by atoms with Gasteiger partial charge in [-0.3, -0.25) is 9.78 Å². The van der Waals surface area contributed by atoms with Gasteiger partial charge in [0.2, 0.25) is 5.91 Å². The average molecular weight is 346 g/mol. The molecule has 1 amide bonds. The van der Waals surface area contributed by atoms with Crippen LogP contribution in [0.3, 0.4) is 0 Å². The third-order valence-electron chi connectivity index (χ3n) is 4.30. The van der Waals surface area contributed by atoms with Gasteiger partial charge in [0.05, 0.1) is 11.7 Å². The number of nitrogens with zero attached hydrogens (tertiary/aromatic N) is 4. The van der Waals surface area contributed by atoms with Crippen LogP contribution in [0.25, 0.3) is 0 Å². The Hall–Kier alpha value is -2.21. The fourth-order valence-electron chi connectivity index (χ4n) is 2.89. The fraction of sp³-hybridized carbons (Fsp3) is 0.412. The van der Waals surface area contributed by atoms with Gasteiger partial charge in [-0.2, -0.15) is 0 Å². The van der Waals surface area contributed by atoms with E-state index in [4.69, 9.17) is 11.6 Å². The summed E-state index contributed by atoms with van der Waals surface area (Å²) in [7, 11) is 0. The molecule has 1 aliphatic heterocycles. The molecule has 6 nitrogen and oxygen atoms in total. The Kier molecular flexibility index (Phi) is 5.25. The van der Waals surface area contributed by atoms with Crippen molar-refractivity contribution in [2.75, 3.05) is 18.0 Å². The van der Waals surface area contributed by atoms with Crippen LogP contribution in [-0.2, 0) is 4.79 Å². The summed E-state index contributed by atoms with van der Waals surface area (Å²) in [5, 5.41) is 11.4. The third kappa shape index (κ3) is 4.00. The smallest absolute Gasteiger partial charge is 0.223 e. The molecule has 0 spiro atoms. The van der Waals surface area contributed by atoms with Crippen molar-refractivity contribution in [3.63, 3.8) is 0 Å². The summed E-state index contributed by atoms with van der Waals surface area (Å²) in [6.45, 7) is 3.53. The van der Waals surface area contributed by atoms with Gasteiger partial charge in [-0.05, 0) is 44.0 Å². The highest BCUT2D eigenvalue weighted by molar-refractivity contribution is 6.29. The van der Waals surface area contributed by atoms with Gasteiger partial charge in [-0.25, -0.2) is 0 Å². The minimum Gasteiger partial charge on any atom is -0.355 e. The molecule has 0 aromatic carbocycles. The molecule has 3 rings (SSSR count). The maximum Gasteiger partial charge on any atom is 0.223 e. The molecular formula is C17H20ClN5O. The number of pyridine rings is 1. The van der Waals surface area contributed by atoms with Crippen LogP contribution in [0.4, 0.5) is 5.82 Å². The van der Waals surface area contributed by atoms with E-state index in [0.29, 0.717) is 5.15 Å². The van der Waals surface area contributed by atoms with Crippen molar-refractivity contribution in [1.82, 2.24) is 20.5 Å². The number of hydrogen-bond acceptors (Lipinski definition) is 5. The monoisotopic (exact) mass is 345 g/mol. The van der Waals surface area contributed by atoms with E-state index < -0.39 is 0 Å². The molecule has 1 saturated heterocycles. The van der Waals surface area contributed by atoms with Gasteiger partial charge < -0.3 is 10.2 Å². The van der Waals surface area contributed by atoms with Crippen LogP contribution in [0.1, 0.15) is 31.5 Å². The van der Waals surface area contributed by atoms with Gasteiger partial charge in [-0.1, -0.05) is 17.7 Å². The fourth-order valence-corrected chi connectivity index (χ4v) is 2.99. The zero-order valence-corrected chi connectivity index (χ0v) is 14.3. The molecule has 1 atom stereocenters. The Morgan fingerprint density at radius 2 is 2.04 bits per heavy atom. The van der Waals surface area contributed by atoms with Crippen molar-refractivity contribution in [2.24, 2.45) is 5.92 Å². The van der Waals surface area contributed by atoms with E-state index in [2.05, 4.69) is 25.4 Å². The Morgan fingerprint density at radius 3 is 2.67 bits per heavy atom. The number of rotatable bonds is 4. The Bertz CT molecular complexity index is 671. The standard InChI is InChI=1S/C17H20ClN5O/c1-12(14-4-2-3-9-19-14)20-17(24)13-7-10-23(11-8-13)16-6-5-15(18)21-22-16/h2-6,9,12-13H,7-8,10-11H2,1H3,(H,20,24)/t12-/m0/s1. The van der Waals surface area contributed by atoms with Crippen LogP contribution in [0, 0.1) is 5.92 Å². The van der Waals surface area contributed by atoms with E-state index >= 15 is 0 Å². The predicted molar refractivity (Wildman–Crippen MR) is 92.8 cm³/mol. The van der Waals surface area contributed by atoms with Crippen LogP contribution in [0.2, 0.25) is 5.15 Å². The summed E-state index contributed by atoms with van der Waals surface area (Å²) in [6, 6.07) is 9.23. The van der Waals surface area contributed by atoms with Gasteiger partial charge in [0.1, 0.15) is 0 Å². The molecule has 0 unspecified atom stereocenters. The maximum absolute atomic E-state index is 12.5. The SMILES string of the molecule is C[C@H](NC(=O)C1CCN(c2ccc(Cl)nn2)CC1)c1ccccn1. The minimum atomic E-state index is -0.0844. The molecule has 1 fully saturated rings. The summed E-state index contributed by atoms with van der Waals surface area (Å²) in [4.78, 5) is 18.9. The Morgan fingerprint density at radius 1 is 1.25 bits per heavy atom. The van der Waals surface area contributed by atoms with Gasteiger partial charge in [0.15, 0.2) is 11.0 Å². The highest BCUT2D eigenvalue weighted by atomic mass is 35.5. The second-order valence-corrected chi connectivity index (χ2v) is 6.35. The van der Waals surface area contributed by atoms with E-state index in [9.17, 15) is 4.79 Å². The number of nitrogens with one attached hydrogen (secondary N) is 1. The minimum absolute atomic E-state index is 0.0210. The van der Waals surface area contributed by atoms with Gasteiger partial charge in [0, 0.05) is 25.2 Å². The summed E-state index contributed by atoms with van der Waals surface area (Å²) in [5.74, 6) is 0.919. The predicted octanol–water partition coefficient (Wildman–Crippen LogP) is 2.62. The molecule has 0 aliphatic carbocycles. The molecule has 0 radical (unpaired) electrons. The summed E-state index contributed by atoms with van der Waals surface area (Å²) < 4.78 is 0. The van der Waals surface area contributed by atoms with Crippen molar-refractivity contribution in [3.05, 3.63) is 47.4 Å². The number of aromatic nitrogens is 3. The molecule has 1 aliphatic rings. The zero-order chi connectivity index (χ0) is 16.9. The molecule has 1 N–H and O–H groups in total. The molecule has 3 heterocycles. The number of carbonyl (C=O) groups excluding carboxylic acids is 1. The first kappa shape index (κ1) is 16.6. The second kappa shape index (κ2) is 7.57. The molecule has 126 valence electrons. The van der Waals surface area contributed by atoms with Crippen molar-refractivity contribution < 1.29 is 4.79 Å². The number of amides is 1. The summed E-state index contributed by atoms with van der Waals surface area (Å²) >= 11 is 5.76. The van der Waals surface area contributed by atoms with Gasteiger partial charge >= 0.3 is 0 Å². The molecule has 0 saturated carbocycles. The normalized spacial score (nSPS) is 16.7. The average Bonchev–Trinajstić information content (AvgIpc) is 2.63. The topological polar surface area (TPSA) is 71.0 Å². The first-order valence-corrected chi connectivity index (χ1v) is 8.47. The van der Waals surface area contributed by atoms with E-state index in [1.807, 2.05) is 31.2 Å². The first-order valence-electron chi connectivity index (χ1n) is 8.09. The maximum atomic E-state index is 12.5. The number of anilines is 1. The number of hydrogen-bond donors (Lipinski definition) is 1. The van der Waals surface area contributed by atoms with E-state index in [1.165, 1.54) is 0 Å². The number of halogens is 1. The van der Waals surface area contributed by atoms with Gasteiger partial charge in [0.25, 0.3) is 0 Å². The van der Waals surface area contributed by atoms with Crippen molar-refractivity contribution in [1.29, 1.82) is 0 Å². The lowest BCUT2D eigenvalue weighted by molar-refractivity contribution is -0.126. The molecular weight excluding hydrogens is 326 g/mol. The van der Waals surface area contributed by atoms with Crippen LogP contribution in [-0.4, -0.2) is 34.2 Å². The number of carbonyl (C=O) groups is 1. The lowest BCUT2D eigenvalue weighted by Crippen LogP contribution is -2.41. The summed E-state index contributed by atoms with van der Waals surface area (Å²) in [5.41, 5.74) is 0.875. The van der Waals surface area contributed by atoms with Crippen molar-refractivity contribution >= 4 is 23.3 Å². The molecule has 2 aromatic rings. The van der Waals surface area contributed by atoms with Crippen LogP contribution in [0.5, 0.6) is 0 Å². The lowest BCUT2D eigenvalue weighted by Gasteiger charge is -2.32. The van der Waals surface area contributed by atoms with Crippen LogP contribution >= 0.6 is 11.6 Å². The van der Waals surface area contributed by atoms with Crippen LogP contribution < -0.4 is 10.2 Å². The molecule has 7 heteroatoms. The second-order valence-electron chi connectivity index (χ2n) is 5.96. The molecule has 2 aromatic heterocycles.